The summed E-state index contributed by atoms with van der Waals surface area (Å²) in [5.74, 6) is 2.23. The van der Waals surface area contributed by atoms with Crippen LogP contribution in [0.3, 0.4) is 0 Å². The van der Waals surface area contributed by atoms with Crippen LogP contribution in [-0.4, -0.2) is 62.6 Å². The van der Waals surface area contributed by atoms with Crippen molar-refractivity contribution in [2.75, 3.05) is 13.7 Å². The van der Waals surface area contributed by atoms with Gasteiger partial charge in [0, 0.05) is 12.1 Å². The van der Waals surface area contributed by atoms with Gasteiger partial charge in [0.2, 0.25) is 5.91 Å². The van der Waals surface area contributed by atoms with Crippen molar-refractivity contribution >= 4 is 34.1 Å². The first-order chi connectivity index (χ1) is 21.3. The number of carbonyl (C=O) groups excluding carboxylic acids is 2. The Morgan fingerprint density at radius 3 is 2.02 bits per heavy atom. The number of rotatable bonds is 11. The van der Waals surface area contributed by atoms with Gasteiger partial charge in [-0.25, -0.2) is 14.8 Å². The van der Waals surface area contributed by atoms with Crippen LogP contribution in [0.25, 0.3) is 44.3 Å². The second kappa shape index (κ2) is 12.5. The minimum absolute atomic E-state index is 0.0199. The number of H-pyrrole nitrogens is 2. The molecule has 5 aromatic rings. The molecule has 4 N–H and O–H groups in total. The van der Waals surface area contributed by atoms with E-state index < -0.39 is 6.09 Å². The second-order valence-electron chi connectivity index (χ2n) is 11.7. The van der Waals surface area contributed by atoms with Crippen LogP contribution in [0, 0.1) is 5.92 Å². The Morgan fingerprint density at radius 2 is 1.48 bits per heavy atom. The Morgan fingerprint density at radius 1 is 0.932 bits per heavy atom. The number of methoxy groups -OCH3 is 1. The molecule has 10 heteroatoms. The summed E-state index contributed by atoms with van der Waals surface area (Å²) >= 11 is 0. The van der Waals surface area contributed by atoms with Crippen molar-refractivity contribution in [1.82, 2.24) is 35.5 Å². The van der Waals surface area contributed by atoms with Crippen molar-refractivity contribution in [3.63, 3.8) is 0 Å². The number of carbonyl (C=O) groups is 2. The number of nitrogens with one attached hydrogen (secondary N) is 4. The average Bonchev–Trinajstić information content (AvgIpc) is 3.40. The molecule has 2 heterocycles. The summed E-state index contributed by atoms with van der Waals surface area (Å²) in [6.07, 6.45) is 1.39. The van der Waals surface area contributed by atoms with Crippen molar-refractivity contribution < 1.29 is 14.3 Å². The molecular weight excluding hydrogens is 554 g/mol. The molecule has 0 radical (unpaired) electrons. The van der Waals surface area contributed by atoms with E-state index in [9.17, 15) is 9.59 Å². The van der Waals surface area contributed by atoms with Crippen LogP contribution in [0.4, 0.5) is 4.79 Å². The van der Waals surface area contributed by atoms with Crippen molar-refractivity contribution in [2.45, 2.75) is 58.8 Å². The molecule has 0 spiro atoms. The molecule has 44 heavy (non-hydrogen) atoms. The third kappa shape index (κ3) is 6.45. The molecule has 10 nitrogen and oxygen atoms in total. The zero-order valence-electron chi connectivity index (χ0n) is 25.6. The van der Waals surface area contributed by atoms with Crippen molar-refractivity contribution in [3.8, 4) is 22.3 Å². The molecule has 1 aliphatic carbocycles. The van der Waals surface area contributed by atoms with Gasteiger partial charge < -0.3 is 30.2 Å². The van der Waals surface area contributed by atoms with Crippen molar-refractivity contribution in [2.24, 2.45) is 5.92 Å². The first-order valence-corrected chi connectivity index (χ1v) is 15.2. The number of alkyl carbamates (subject to hydrolysis) is 1. The molecule has 3 unspecified atom stereocenters. The number of benzene rings is 3. The van der Waals surface area contributed by atoms with E-state index in [4.69, 9.17) is 9.97 Å². The number of imidazole rings is 2. The molecule has 2 aromatic heterocycles. The van der Waals surface area contributed by atoms with E-state index in [-0.39, 0.29) is 18.5 Å². The predicted molar refractivity (Wildman–Crippen MR) is 172 cm³/mol. The molecule has 6 rings (SSSR count). The molecule has 0 aliphatic heterocycles. The highest BCUT2D eigenvalue weighted by atomic mass is 16.5. The number of hydrogen-bond acceptors (Lipinski definition) is 6. The van der Waals surface area contributed by atoms with Gasteiger partial charge in [0.15, 0.2) is 0 Å². The van der Waals surface area contributed by atoms with Gasteiger partial charge in [0.25, 0.3) is 0 Å². The number of ether oxygens (including phenoxy) is 1. The lowest BCUT2D eigenvalue weighted by Gasteiger charge is -2.27. The van der Waals surface area contributed by atoms with Crippen LogP contribution in [0.15, 0.2) is 60.7 Å². The lowest BCUT2D eigenvalue weighted by atomic mass is 10.00. The average molecular weight is 594 g/mol. The fourth-order valence-electron chi connectivity index (χ4n) is 5.53. The first kappa shape index (κ1) is 29.4. The Bertz CT molecular complexity index is 1790. The fraction of sp³-hybridized carbons (Fsp3) is 0.353. The normalized spacial score (nSPS) is 16.6. The van der Waals surface area contributed by atoms with Gasteiger partial charge in [-0.15, -0.1) is 0 Å². The lowest BCUT2D eigenvalue weighted by Crippen LogP contribution is -2.44. The van der Waals surface area contributed by atoms with Crippen LogP contribution in [0.2, 0.25) is 0 Å². The van der Waals surface area contributed by atoms with Crippen LogP contribution in [-0.2, 0) is 22.6 Å². The molecule has 3 aromatic carbocycles. The molecule has 0 bridgehead atoms. The molecule has 228 valence electrons. The smallest absolute Gasteiger partial charge is 0.407 e. The maximum Gasteiger partial charge on any atom is 0.407 e. The molecule has 1 aliphatic rings. The second-order valence-corrected chi connectivity index (χ2v) is 11.7. The Labute approximate surface area is 256 Å². The Balaban J connectivity index is 1.15. The number of fused-ring (bicyclic) bond motifs is 2. The van der Waals surface area contributed by atoms with Gasteiger partial charge in [-0.2, -0.15) is 0 Å². The summed E-state index contributed by atoms with van der Waals surface area (Å²) < 4.78 is 4.59. The molecule has 3 atom stereocenters. The van der Waals surface area contributed by atoms with E-state index in [1.807, 2.05) is 19.9 Å². The van der Waals surface area contributed by atoms with E-state index >= 15 is 0 Å². The minimum Gasteiger partial charge on any atom is -0.453 e. The zero-order valence-corrected chi connectivity index (χ0v) is 25.6. The zero-order chi connectivity index (χ0) is 30.8. The highest BCUT2D eigenvalue weighted by Crippen LogP contribution is 2.30. The van der Waals surface area contributed by atoms with E-state index in [0.29, 0.717) is 18.4 Å². The molecular formula is C34H39N7O3. The number of nitrogens with zero attached hydrogens (tertiary/aromatic N) is 3. The monoisotopic (exact) mass is 593 g/mol. The first-order valence-electron chi connectivity index (χ1n) is 15.2. The predicted octanol–water partition coefficient (Wildman–Crippen LogP) is 5.75. The van der Waals surface area contributed by atoms with E-state index in [2.05, 4.69) is 86.9 Å². The van der Waals surface area contributed by atoms with Gasteiger partial charge in [-0.1, -0.05) is 50.2 Å². The third-order valence-electron chi connectivity index (χ3n) is 8.59. The van der Waals surface area contributed by atoms with Crippen molar-refractivity contribution in [1.29, 1.82) is 0 Å². The summed E-state index contributed by atoms with van der Waals surface area (Å²) in [6, 6.07) is 21.7. The maximum atomic E-state index is 12.9. The summed E-state index contributed by atoms with van der Waals surface area (Å²) in [5, 5.41) is 6.04. The van der Waals surface area contributed by atoms with Gasteiger partial charge in [-0.05, 0) is 72.2 Å². The highest BCUT2D eigenvalue weighted by molar-refractivity contribution is 5.85. The number of amides is 2. The van der Waals surface area contributed by atoms with Crippen LogP contribution in [0.1, 0.15) is 45.3 Å². The molecule has 0 saturated heterocycles. The molecule has 1 saturated carbocycles. The van der Waals surface area contributed by atoms with Crippen LogP contribution < -0.4 is 10.6 Å². The third-order valence-corrected chi connectivity index (χ3v) is 8.59. The summed E-state index contributed by atoms with van der Waals surface area (Å²) in [4.78, 5) is 42.4. The largest absolute Gasteiger partial charge is 0.453 e. The van der Waals surface area contributed by atoms with E-state index in [1.165, 1.54) is 13.5 Å². The Kier molecular flexibility index (Phi) is 8.34. The van der Waals surface area contributed by atoms with Crippen LogP contribution >= 0.6 is 0 Å². The molecule has 1 fully saturated rings. The Hall–Kier alpha value is -4.70. The number of hydrogen-bond donors (Lipinski definition) is 4. The maximum absolute atomic E-state index is 12.9. The van der Waals surface area contributed by atoms with Gasteiger partial charge in [-0.3, -0.25) is 4.79 Å². The summed E-state index contributed by atoms with van der Waals surface area (Å²) in [5.41, 5.74) is 8.20. The summed E-state index contributed by atoms with van der Waals surface area (Å²) in [7, 11) is 1.27. The summed E-state index contributed by atoms with van der Waals surface area (Å²) in [6.45, 7) is 7.22. The number of aromatic amines is 2. The van der Waals surface area contributed by atoms with Gasteiger partial charge in [0.1, 0.15) is 18.2 Å². The van der Waals surface area contributed by atoms with Gasteiger partial charge in [0.05, 0.1) is 42.3 Å². The SMILES string of the molecule is CCC(C)N(Cc1nc2ccc(-c3ccc(-c4ccc5nc(CNC6CC6C)[nH]c5c4)cc3)cc2[nH]1)C(=O)CNC(=O)OC. The van der Waals surface area contributed by atoms with E-state index in [1.54, 1.807) is 4.90 Å². The fourth-order valence-corrected chi connectivity index (χ4v) is 5.53. The number of aromatic nitrogens is 4. The van der Waals surface area contributed by atoms with Crippen LogP contribution in [0.5, 0.6) is 0 Å². The van der Waals surface area contributed by atoms with E-state index in [0.717, 1.165) is 69.0 Å². The topological polar surface area (TPSA) is 128 Å². The standard InChI is InChI=1S/C34H39N7O3/c1-5-21(3)41(33(42)18-36-34(43)44-4)19-32-38-27-13-11-25(16-30(27)40-32)23-8-6-22(7-9-23)24-10-12-26-29(15-24)39-31(37-26)17-35-28-14-20(28)2/h6-13,15-16,20-21,28,35H,5,14,17-19H2,1-4H3,(H,36,43)(H,37,39)(H,38,40). The molecule has 2 amide bonds. The quantitative estimate of drug-likeness (QED) is 0.154. The van der Waals surface area contributed by atoms with Crippen molar-refractivity contribution in [3.05, 3.63) is 72.3 Å². The lowest BCUT2D eigenvalue weighted by molar-refractivity contribution is -0.133. The van der Waals surface area contributed by atoms with Gasteiger partial charge >= 0.3 is 6.09 Å². The highest BCUT2D eigenvalue weighted by Gasteiger charge is 2.31. The minimum atomic E-state index is -0.633.